The van der Waals surface area contributed by atoms with E-state index in [9.17, 15) is 14.5 Å². The average Bonchev–Trinajstić information content (AvgIpc) is 2.61. The number of aromatic nitrogens is 1. The maximum absolute atomic E-state index is 14.3. The van der Waals surface area contributed by atoms with Crippen molar-refractivity contribution in [2.75, 3.05) is 5.32 Å². The molecule has 3 aromatic rings. The molecule has 1 atom stereocenters. The van der Waals surface area contributed by atoms with Crippen LogP contribution in [0, 0.1) is 15.9 Å². The smallest absolute Gasteiger partial charge is 0.272 e. The summed E-state index contributed by atoms with van der Waals surface area (Å²) in [4.78, 5) is 14.4. The monoisotopic (exact) mass is 357 g/mol. The van der Waals surface area contributed by atoms with Crippen molar-refractivity contribution in [3.63, 3.8) is 0 Å². The molecule has 1 heterocycles. The van der Waals surface area contributed by atoms with Crippen molar-refractivity contribution in [2.45, 2.75) is 6.04 Å². The number of nitro groups is 1. The number of anilines is 1. The summed E-state index contributed by atoms with van der Waals surface area (Å²) in [5.41, 5.74) is 1.30. The second-order valence-corrected chi connectivity index (χ2v) is 5.74. The highest BCUT2D eigenvalue weighted by atomic mass is 35.5. The molecule has 0 spiro atoms. The zero-order chi connectivity index (χ0) is 17.8. The first kappa shape index (κ1) is 16.9. The maximum Gasteiger partial charge on any atom is 0.272 e. The SMILES string of the molecule is O=[N+]([O-])c1ccc(NC(c2cccc(Cl)c2)c2ccccn2)c(F)c1. The van der Waals surface area contributed by atoms with Gasteiger partial charge in [-0.05, 0) is 35.9 Å². The van der Waals surface area contributed by atoms with Crippen molar-refractivity contribution >= 4 is 23.0 Å². The molecule has 0 amide bonds. The number of halogens is 2. The Morgan fingerprint density at radius 1 is 1.12 bits per heavy atom. The zero-order valence-electron chi connectivity index (χ0n) is 12.9. The van der Waals surface area contributed by atoms with E-state index in [1.807, 2.05) is 18.2 Å². The quantitative estimate of drug-likeness (QED) is 0.516. The van der Waals surface area contributed by atoms with Gasteiger partial charge in [0.05, 0.1) is 28.4 Å². The molecular formula is C18H13ClFN3O2. The molecule has 0 aliphatic carbocycles. The number of nitrogens with one attached hydrogen (secondary N) is 1. The van der Waals surface area contributed by atoms with Crippen LogP contribution < -0.4 is 5.32 Å². The van der Waals surface area contributed by atoms with Gasteiger partial charge in [0.15, 0.2) is 5.82 Å². The fourth-order valence-electron chi connectivity index (χ4n) is 2.45. The highest BCUT2D eigenvalue weighted by Gasteiger charge is 2.19. The van der Waals surface area contributed by atoms with E-state index in [1.165, 1.54) is 12.1 Å². The van der Waals surface area contributed by atoms with Gasteiger partial charge in [0.2, 0.25) is 0 Å². The molecule has 7 heteroatoms. The predicted molar refractivity (Wildman–Crippen MR) is 94.2 cm³/mol. The number of rotatable bonds is 5. The predicted octanol–water partition coefficient (Wildman–Crippen LogP) is 4.98. The lowest BCUT2D eigenvalue weighted by molar-refractivity contribution is -0.385. The standard InChI is InChI=1S/C18H13ClFN3O2/c19-13-5-3-4-12(10-13)18(17-6-1-2-9-21-17)22-16-8-7-14(23(24)25)11-15(16)20/h1-11,18,22H. The molecule has 0 fully saturated rings. The summed E-state index contributed by atoms with van der Waals surface area (Å²) in [5, 5.41) is 14.4. The van der Waals surface area contributed by atoms with E-state index < -0.39 is 16.8 Å². The minimum Gasteiger partial charge on any atom is -0.370 e. The van der Waals surface area contributed by atoms with E-state index in [-0.39, 0.29) is 11.4 Å². The van der Waals surface area contributed by atoms with Gasteiger partial charge in [-0.2, -0.15) is 0 Å². The summed E-state index contributed by atoms with van der Waals surface area (Å²) >= 11 is 6.07. The molecule has 25 heavy (non-hydrogen) atoms. The second-order valence-electron chi connectivity index (χ2n) is 5.31. The van der Waals surface area contributed by atoms with Gasteiger partial charge < -0.3 is 5.32 Å². The van der Waals surface area contributed by atoms with Crippen LogP contribution in [-0.2, 0) is 0 Å². The average molecular weight is 358 g/mol. The molecular weight excluding hydrogens is 345 g/mol. The third-order valence-electron chi connectivity index (χ3n) is 3.63. The van der Waals surface area contributed by atoms with Gasteiger partial charge in [0.25, 0.3) is 5.69 Å². The summed E-state index contributed by atoms with van der Waals surface area (Å²) in [6, 6.07) is 15.6. The molecule has 126 valence electrons. The van der Waals surface area contributed by atoms with Crippen LogP contribution in [0.1, 0.15) is 17.3 Å². The summed E-state index contributed by atoms with van der Waals surface area (Å²) in [7, 11) is 0. The molecule has 0 saturated carbocycles. The van der Waals surface area contributed by atoms with Crippen LogP contribution >= 0.6 is 11.6 Å². The van der Waals surface area contributed by atoms with E-state index in [0.717, 1.165) is 11.6 Å². The summed E-state index contributed by atoms with van der Waals surface area (Å²) in [6.45, 7) is 0. The normalized spacial score (nSPS) is 11.8. The van der Waals surface area contributed by atoms with Crippen LogP contribution in [0.15, 0.2) is 66.9 Å². The van der Waals surface area contributed by atoms with Gasteiger partial charge in [0.1, 0.15) is 0 Å². The molecule has 0 radical (unpaired) electrons. The largest absolute Gasteiger partial charge is 0.370 e. The highest BCUT2D eigenvalue weighted by molar-refractivity contribution is 6.30. The van der Waals surface area contributed by atoms with Gasteiger partial charge in [-0.1, -0.05) is 29.8 Å². The molecule has 2 aromatic carbocycles. The van der Waals surface area contributed by atoms with Crippen molar-refractivity contribution < 1.29 is 9.31 Å². The fourth-order valence-corrected chi connectivity index (χ4v) is 2.65. The fraction of sp³-hybridized carbons (Fsp3) is 0.0556. The maximum atomic E-state index is 14.3. The van der Waals surface area contributed by atoms with Crippen molar-refractivity contribution in [1.29, 1.82) is 0 Å². The Balaban J connectivity index is 2.00. The number of hydrogen-bond donors (Lipinski definition) is 1. The number of hydrogen-bond acceptors (Lipinski definition) is 4. The molecule has 3 rings (SSSR count). The van der Waals surface area contributed by atoms with Crippen molar-refractivity contribution in [2.24, 2.45) is 0 Å². The number of non-ortho nitro benzene ring substituents is 1. The van der Waals surface area contributed by atoms with Crippen molar-refractivity contribution in [3.05, 3.63) is 99.1 Å². The lowest BCUT2D eigenvalue weighted by atomic mass is 10.0. The van der Waals surface area contributed by atoms with E-state index in [1.54, 1.807) is 30.5 Å². The number of nitrogens with zero attached hydrogens (tertiary/aromatic N) is 2. The van der Waals surface area contributed by atoms with Gasteiger partial charge in [-0.3, -0.25) is 15.1 Å². The molecule has 1 unspecified atom stereocenters. The Labute approximate surface area is 148 Å². The lowest BCUT2D eigenvalue weighted by Gasteiger charge is -2.20. The Bertz CT molecular complexity index is 906. The van der Waals surface area contributed by atoms with Gasteiger partial charge in [-0.15, -0.1) is 0 Å². The minimum atomic E-state index is -0.711. The summed E-state index contributed by atoms with van der Waals surface area (Å²) < 4.78 is 14.3. The third kappa shape index (κ3) is 3.92. The van der Waals surface area contributed by atoms with E-state index >= 15 is 0 Å². The minimum absolute atomic E-state index is 0.140. The number of nitro benzene ring substituents is 1. The van der Waals surface area contributed by atoms with Gasteiger partial charge in [0, 0.05) is 17.3 Å². The van der Waals surface area contributed by atoms with Crippen LogP contribution in [0.25, 0.3) is 0 Å². The van der Waals surface area contributed by atoms with Crippen molar-refractivity contribution in [1.82, 2.24) is 4.98 Å². The van der Waals surface area contributed by atoms with Crippen LogP contribution in [0.2, 0.25) is 5.02 Å². The Hall–Kier alpha value is -2.99. The number of pyridine rings is 1. The number of benzene rings is 2. The zero-order valence-corrected chi connectivity index (χ0v) is 13.7. The van der Waals surface area contributed by atoms with Crippen LogP contribution in [0.3, 0.4) is 0 Å². The van der Waals surface area contributed by atoms with Gasteiger partial charge in [-0.25, -0.2) is 4.39 Å². The molecule has 0 bridgehead atoms. The first-order valence-corrected chi connectivity index (χ1v) is 7.79. The topological polar surface area (TPSA) is 68.1 Å². The van der Waals surface area contributed by atoms with Crippen LogP contribution in [0.5, 0.6) is 0 Å². The van der Waals surface area contributed by atoms with E-state index in [0.29, 0.717) is 10.7 Å². The van der Waals surface area contributed by atoms with Gasteiger partial charge >= 0.3 is 0 Å². The molecule has 1 N–H and O–H groups in total. The lowest BCUT2D eigenvalue weighted by Crippen LogP contribution is -2.14. The second kappa shape index (κ2) is 7.27. The highest BCUT2D eigenvalue weighted by Crippen LogP contribution is 2.29. The van der Waals surface area contributed by atoms with Crippen molar-refractivity contribution in [3.8, 4) is 0 Å². The van der Waals surface area contributed by atoms with Crippen LogP contribution in [0.4, 0.5) is 15.8 Å². The first-order valence-electron chi connectivity index (χ1n) is 7.41. The van der Waals surface area contributed by atoms with E-state index in [2.05, 4.69) is 10.3 Å². The summed E-state index contributed by atoms with van der Waals surface area (Å²) in [5.74, 6) is -0.711. The molecule has 0 saturated heterocycles. The Morgan fingerprint density at radius 2 is 1.96 bits per heavy atom. The van der Waals surface area contributed by atoms with Crippen LogP contribution in [-0.4, -0.2) is 9.91 Å². The molecule has 1 aromatic heterocycles. The Kier molecular flexibility index (Phi) is 4.90. The summed E-state index contributed by atoms with van der Waals surface area (Å²) in [6.07, 6.45) is 1.64. The van der Waals surface area contributed by atoms with E-state index in [4.69, 9.17) is 11.6 Å². The Morgan fingerprint density at radius 3 is 2.60 bits per heavy atom. The molecule has 0 aliphatic heterocycles. The first-order chi connectivity index (χ1) is 12.0. The molecule has 5 nitrogen and oxygen atoms in total. The third-order valence-corrected chi connectivity index (χ3v) is 3.86. The molecule has 0 aliphatic rings.